The molecule has 0 aromatic carbocycles. The van der Waals surface area contributed by atoms with Crippen molar-refractivity contribution in [3.8, 4) is 0 Å². The van der Waals surface area contributed by atoms with E-state index < -0.39 is 0 Å². The maximum atomic E-state index is 12.0. The number of carbonyl (C=O) groups is 1. The lowest BCUT2D eigenvalue weighted by Gasteiger charge is -2.19. The first-order chi connectivity index (χ1) is 6.84. The molecule has 1 heterocycles. The summed E-state index contributed by atoms with van der Waals surface area (Å²) in [7, 11) is 0. The van der Waals surface area contributed by atoms with Gasteiger partial charge in [0, 0.05) is 18.3 Å². The van der Waals surface area contributed by atoms with Crippen LogP contribution in [0.3, 0.4) is 0 Å². The molecule has 2 aliphatic carbocycles. The Balaban J connectivity index is 1.81. The quantitative estimate of drug-likeness (QED) is 0.678. The number of nitrogens with zero attached hydrogens (tertiary/aromatic N) is 2. The molecule has 3 atom stereocenters. The van der Waals surface area contributed by atoms with Crippen LogP contribution < -0.4 is 0 Å². The van der Waals surface area contributed by atoms with E-state index in [-0.39, 0.29) is 11.8 Å². The molecule has 0 spiro atoms. The van der Waals surface area contributed by atoms with Gasteiger partial charge in [0.1, 0.15) is 0 Å². The van der Waals surface area contributed by atoms with Crippen molar-refractivity contribution in [3.63, 3.8) is 0 Å². The zero-order valence-corrected chi connectivity index (χ0v) is 8.10. The van der Waals surface area contributed by atoms with Gasteiger partial charge in [-0.3, -0.25) is 4.79 Å². The summed E-state index contributed by atoms with van der Waals surface area (Å²) < 4.78 is 1.51. The minimum Gasteiger partial charge on any atom is -0.272 e. The summed E-state index contributed by atoms with van der Waals surface area (Å²) in [6.07, 6.45) is 8.40. The Hall–Kier alpha value is -1.12. The van der Waals surface area contributed by atoms with Crippen LogP contribution in [0.1, 0.15) is 30.5 Å². The molecule has 74 valence electrons. The van der Waals surface area contributed by atoms with Crippen LogP contribution in [0.2, 0.25) is 0 Å². The second-order valence-corrected chi connectivity index (χ2v) is 4.57. The molecule has 2 aliphatic rings. The molecule has 3 unspecified atom stereocenters. The van der Waals surface area contributed by atoms with Gasteiger partial charge in [-0.15, -0.1) is 0 Å². The Bertz CT molecular complexity index is 344. The molecule has 2 fully saturated rings. The maximum absolute atomic E-state index is 12.0. The predicted molar refractivity (Wildman–Crippen MR) is 51.8 cm³/mol. The van der Waals surface area contributed by atoms with Gasteiger partial charge in [0.05, 0.1) is 0 Å². The summed E-state index contributed by atoms with van der Waals surface area (Å²) in [5.41, 5.74) is 0. The number of hydrogen-bond acceptors (Lipinski definition) is 2. The van der Waals surface area contributed by atoms with Crippen LogP contribution in [-0.2, 0) is 0 Å². The fraction of sp³-hybridized carbons (Fsp3) is 0.636. The van der Waals surface area contributed by atoms with Crippen molar-refractivity contribution in [2.45, 2.75) is 25.7 Å². The van der Waals surface area contributed by atoms with Crippen molar-refractivity contribution in [1.29, 1.82) is 0 Å². The molecule has 0 aliphatic heterocycles. The van der Waals surface area contributed by atoms with E-state index in [1.54, 1.807) is 12.4 Å². The molecular formula is C11H14N2O. The monoisotopic (exact) mass is 190 g/mol. The van der Waals surface area contributed by atoms with Crippen molar-refractivity contribution in [3.05, 3.63) is 18.5 Å². The van der Waals surface area contributed by atoms with Crippen LogP contribution in [0.4, 0.5) is 0 Å². The zero-order chi connectivity index (χ0) is 9.54. The van der Waals surface area contributed by atoms with E-state index in [0.717, 1.165) is 12.3 Å². The Morgan fingerprint density at radius 1 is 1.36 bits per heavy atom. The molecule has 0 radical (unpaired) electrons. The highest BCUT2D eigenvalue weighted by Gasteiger charge is 2.43. The molecular weight excluding hydrogens is 176 g/mol. The third-order valence-corrected chi connectivity index (χ3v) is 3.79. The second-order valence-electron chi connectivity index (χ2n) is 4.57. The van der Waals surface area contributed by atoms with Crippen LogP contribution >= 0.6 is 0 Å². The fourth-order valence-corrected chi connectivity index (χ4v) is 3.12. The topological polar surface area (TPSA) is 34.9 Å². The fourth-order valence-electron chi connectivity index (χ4n) is 3.12. The van der Waals surface area contributed by atoms with Gasteiger partial charge in [-0.25, -0.2) is 4.68 Å². The highest BCUT2D eigenvalue weighted by atomic mass is 16.2. The lowest BCUT2D eigenvalue weighted by atomic mass is 9.88. The summed E-state index contributed by atoms with van der Waals surface area (Å²) in [6, 6.07) is 1.81. The summed E-state index contributed by atoms with van der Waals surface area (Å²) in [5, 5.41) is 4.01. The number of hydrogen-bond donors (Lipinski definition) is 0. The summed E-state index contributed by atoms with van der Waals surface area (Å²) in [5.74, 6) is 1.94. The average molecular weight is 190 g/mol. The molecule has 2 saturated carbocycles. The standard InChI is InChI=1S/C11H14N2O/c14-11(13-5-1-4-12-13)10-7-8-2-3-9(10)6-8/h1,4-5,8-10H,2-3,6-7H2. The number of rotatable bonds is 1. The lowest BCUT2D eigenvalue weighted by Crippen LogP contribution is -2.26. The van der Waals surface area contributed by atoms with E-state index in [2.05, 4.69) is 5.10 Å². The van der Waals surface area contributed by atoms with Crippen molar-refractivity contribution in [2.75, 3.05) is 0 Å². The van der Waals surface area contributed by atoms with Crippen molar-refractivity contribution >= 4 is 5.91 Å². The Kier molecular flexibility index (Phi) is 1.72. The van der Waals surface area contributed by atoms with Crippen LogP contribution in [0.5, 0.6) is 0 Å². The summed E-state index contributed by atoms with van der Waals surface area (Å²) in [6.45, 7) is 0. The highest BCUT2D eigenvalue weighted by Crippen LogP contribution is 2.48. The van der Waals surface area contributed by atoms with Gasteiger partial charge in [0.2, 0.25) is 5.91 Å². The first kappa shape index (κ1) is 8.21. The van der Waals surface area contributed by atoms with Gasteiger partial charge in [-0.2, -0.15) is 5.10 Å². The van der Waals surface area contributed by atoms with E-state index in [4.69, 9.17) is 0 Å². The van der Waals surface area contributed by atoms with E-state index in [1.807, 2.05) is 6.07 Å². The van der Waals surface area contributed by atoms with Crippen LogP contribution in [0.25, 0.3) is 0 Å². The summed E-state index contributed by atoms with van der Waals surface area (Å²) >= 11 is 0. The predicted octanol–water partition coefficient (Wildman–Crippen LogP) is 1.96. The van der Waals surface area contributed by atoms with E-state index in [1.165, 1.54) is 23.9 Å². The molecule has 3 nitrogen and oxygen atoms in total. The van der Waals surface area contributed by atoms with E-state index >= 15 is 0 Å². The van der Waals surface area contributed by atoms with Gasteiger partial charge in [0.15, 0.2) is 0 Å². The van der Waals surface area contributed by atoms with Crippen LogP contribution in [-0.4, -0.2) is 15.7 Å². The lowest BCUT2D eigenvalue weighted by molar-refractivity contribution is 0.0768. The van der Waals surface area contributed by atoms with Gasteiger partial charge in [-0.05, 0) is 37.2 Å². The SMILES string of the molecule is O=C(C1CC2CCC1C2)n1cccn1. The molecule has 14 heavy (non-hydrogen) atoms. The van der Waals surface area contributed by atoms with E-state index in [9.17, 15) is 4.79 Å². The number of carbonyl (C=O) groups excluding carboxylic acids is 1. The zero-order valence-electron chi connectivity index (χ0n) is 8.10. The molecule has 0 saturated heterocycles. The maximum Gasteiger partial charge on any atom is 0.250 e. The smallest absolute Gasteiger partial charge is 0.250 e. The molecule has 2 bridgehead atoms. The Labute approximate surface area is 83.1 Å². The van der Waals surface area contributed by atoms with Crippen molar-refractivity contribution in [2.24, 2.45) is 17.8 Å². The van der Waals surface area contributed by atoms with Gasteiger partial charge in [-0.1, -0.05) is 6.42 Å². The molecule has 1 aromatic rings. The average Bonchev–Trinajstić information content (AvgIpc) is 2.93. The largest absolute Gasteiger partial charge is 0.272 e. The van der Waals surface area contributed by atoms with Crippen molar-refractivity contribution in [1.82, 2.24) is 9.78 Å². The highest BCUT2D eigenvalue weighted by molar-refractivity contribution is 5.81. The number of fused-ring (bicyclic) bond motifs is 2. The second kappa shape index (κ2) is 2.94. The van der Waals surface area contributed by atoms with Gasteiger partial charge in [0.25, 0.3) is 0 Å². The number of aromatic nitrogens is 2. The van der Waals surface area contributed by atoms with Crippen molar-refractivity contribution < 1.29 is 4.79 Å². The van der Waals surface area contributed by atoms with Crippen LogP contribution in [0, 0.1) is 17.8 Å². The molecule has 3 heteroatoms. The first-order valence-electron chi connectivity index (χ1n) is 5.38. The molecule has 0 N–H and O–H groups in total. The minimum atomic E-state index is 0.210. The normalized spacial score (nSPS) is 35.0. The van der Waals surface area contributed by atoms with Gasteiger partial charge < -0.3 is 0 Å². The molecule has 3 rings (SSSR count). The molecule has 0 amide bonds. The van der Waals surface area contributed by atoms with Crippen LogP contribution in [0.15, 0.2) is 18.5 Å². The Morgan fingerprint density at radius 3 is 2.86 bits per heavy atom. The van der Waals surface area contributed by atoms with Gasteiger partial charge >= 0.3 is 0 Å². The molecule has 1 aromatic heterocycles. The minimum absolute atomic E-state index is 0.210. The third-order valence-electron chi connectivity index (χ3n) is 3.79. The first-order valence-corrected chi connectivity index (χ1v) is 5.38. The van der Waals surface area contributed by atoms with E-state index in [0.29, 0.717) is 5.92 Å². The summed E-state index contributed by atoms with van der Waals surface area (Å²) in [4.78, 5) is 12.0. The Morgan fingerprint density at radius 2 is 2.29 bits per heavy atom. The third kappa shape index (κ3) is 1.11.